The van der Waals surface area contributed by atoms with Gasteiger partial charge in [-0.3, -0.25) is 0 Å². The molecule has 1 saturated heterocycles. The Bertz CT molecular complexity index is 2420. The highest BCUT2D eigenvalue weighted by atomic mass is 16.7. The van der Waals surface area contributed by atoms with Crippen molar-refractivity contribution in [1.82, 2.24) is 30.0 Å². The second-order valence-electron chi connectivity index (χ2n) is 15.2. The lowest BCUT2D eigenvalue weighted by Gasteiger charge is -2.45. The Morgan fingerprint density at radius 1 is 0.476 bits per heavy atom. The van der Waals surface area contributed by atoms with Crippen molar-refractivity contribution in [3.8, 4) is 11.5 Å². The molecule has 0 aliphatic carbocycles. The zero-order valence-corrected chi connectivity index (χ0v) is 35.4. The quantitative estimate of drug-likeness (QED) is 0.0683. The number of aromatic nitrogens is 6. The molecule has 5 atom stereocenters. The van der Waals surface area contributed by atoms with E-state index in [2.05, 4.69) is 20.6 Å². The van der Waals surface area contributed by atoms with Crippen LogP contribution in [-0.4, -0.2) is 81.5 Å². The molecule has 14 nitrogen and oxygen atoms in total. The Balaban J connectivity index is 1.04. The highest BCUT2D eigenvalue weighted by Gasteiger charge is 2.49. The van der Waals surface area contributed by atoms with Gasteiger partial charge in [0.15, 0.2) is 6.29 Å². The first-order chi connectivity index (χ1) is 31.1. The summed E-state index contributed by atoms with van der Waals surface area (Å²) in [6, 6.07) is 45.7. The number of benzene rings is 5. The van der Waals surface area contributed by atoms with Crippen molar-refractivity contribution >= 4 is 0 Å². The first kappa shape index (κ1) is 43.4. The summed E-state index contributed by atoms with van der Waals surface area (Å²) in [7, 11) is 3.30. The van der Waals surface area contributed by atoms with Gasteiger partial charge in [0.05, 0.1) is 79.3 Å². The zero-order valence-electron chi connectivity index (χ0n) is 35.4. The van der Waals surface area contributed by atoms with E-state index in [1.165, 1.54) is 0 Å². The van der Waals surface area contributed by atoms with E-state index in [0.29, 0.717) is 37.7 Å². The van der Waals surface area contributed by atoms with Crippen molar-refractivity contribution in [3.63, 3.8) is 0 Å². The van der Waals surface area contributed by atoms with Gasteiger partial charge >= 0.3 is 0 Å². The van der Waals surface area contributed by atoms with Gasteiger partial charge < -0.3 is 37.9 Å². The molecule has 14 heteroatoms. The minimum Gasteiger partial charge on any atom is -0.497 e. The molecule has 63 heavy (non-hydrogen) atoms. The molecule has 1 aliphatic rings. The topological polar surface area (TPSA) is 135 Å². The first-order valence-corrected chi connectivity index (χ1v) is 20.9. The van der Waals surface area contributed by atoms with Gasteiger partial charge in [-0.1, -0.05) is 126 Å². The van der Waals surface area contributed by atoms with Gasteiger partial charge in [0, 0.05) is 0 Å². The van der Waals surface area contributed by atoms with Crippen LogP contribution in [0.3, 0.4) is 0 Å². The first-order valence-electron chi connectivity index (χ1n) is 20.9. The maximum absolute atomic E-state index is 6.87. The van der Waals surface area contributed by atoms with Crippen LogP contribution in [0.25, 0.3) is 0 Å². The van der Waals surface area contributed by atoms with Gasteiger partial charge in [0.1, 0.15) is 47.3 Å². The van der Waals surface area contributed by atoms with Crippen LogP contribution in [0.1, 0.15) is 39.2 Å². The Labute approximate surface area is 367 Å². The molecule has 0 spiro atoms. The van der Waals surface area contributed by atoms with E-state index in [9.17, 15) is 0 Å². The Kier molecular flexibility index (Phi) is 15.3. The van der Waals surface area contributed by atoms with Crippen LogP contribution in [0.4, 0.5) is 0 Å². The lowest BCUT2D eigenvalue weighted by Crippen LogP contribution is -2.61. The normalized spacial score (nSPS) is 18.6. The number of hydrogen-bond acceptors (Lipinski definition) is 12. The second-order valence-corrected chi connectivity index (χ2v) is 15.2. The molecule has 0 saturated carbocycles. The van der Waals surface area contributed by atoms with E-state index < -0.39 is 30.7 Å². The molecule has 0 amide bonds. The number of rotatable bonds is 22. The van der Waals surface area contributed by atoms with Crippen molar-refractivity contribution in [2.45, 2.75) is 76.8 Å². The largest absolute Gasteiger partial charge is 0.497 e. The molecule has 326 valence electrons. The van der Waals surface area contributed by atoms with Gasteiger partial charge in [-0.25, -0.2) is 9.36 Å². The van der Waals surface area contributed by atoms with E-state index in [1.54, 1.807) is 23.6 Å². The van der Waals surface area contributed by atoms with Crippen molar-refractivity contribution in [3.05, 3.63) is 191 Å². The Morgan fingerprint density at radius 3 is 1.44 bits per heavy atom. The minimum atomic E-state index is -0.910. The lowest BCUT2D eigenvalue weighted by molar-refractivity contribution is -0.331. The van der Waals surface area contributed by atoms with Crippen molar-refractivity contribution < 1.29 is 37.9 Å². The molecule has 1 aliphatic heterocycles. The molecule has 1 fully saturated rings. The number of ether oxygens (including phenoxy) is 8. The van der Waals surface area contributed by atoms with E-state index in [1.807, 2.05) is 152 Å². The molecular formula is C49H52N6O8. The van der Waals surface area contributed by atoms with Crippen LogP contribution in [0.15, 0.2) is 152 Å². The smallest absolute Gasteiger partial charge is 0.187 e. The monoisotopic (exact) mass is 852 g/mol. The van der Waals surface area contributed by atoms with E-state index in [-0.39, 0.29) is 26.4 Å². The fourth-order valence-electron chi connectivity index (χ4n) is 7.34. The molecule has 0 N–H and O–H groups in total. The molecule has 0 unspecified atom stereocenters. The van der Waals surface area contributed by atoms with E-state index in [0.717, 1.165) is 39.3 Å². The van der Waals surface area contributed by atoms with Gasteiger partial charge in [-0.05, 0) is 52.1 Å². The summed E-state index contributed by atoms with van der Waals surface area (Å²) in [6.07, 6.45) is 0.156. The molecular weight excluding hydrogens is 801 g/mol. The fourth-order valence-corrected chi connectivity index (χ4v) is 7.34. The average Bonchev–Trinajstić information content (AvgIpc) is 3.99. The highest BCUT2D eigenvalue weighted by molar-refractivity contribution is 5.29. The second kappa shape index (κ2) is 22.2. The zero-order chi connectivity index (χ0) is 43.1. The predicted molar refractivity (Wildman–Crippen MR) is 232 cm³/mol. The van der Waals surface area contributed by atoms with Crippen molar-refractivity contribution in [2.24, 2.45) is 0 Å². The van der Waals surface area contributed by atoms with Crippen molar-refractivity contribution in [2.75, 3.05) is 20.8 Å². The molecule has 8 rings (SSSR count). The predicted octanol–water partition coefficient (Wildman–Crippen LogP) is 7.20. The summed E-state index contributed by atoms with van der Waals surface area (Å²) in [5.74, 6) is 1.56. The van der Waals surface area contributed by atoms with Gasteiger partial charge in [0.2, 0.25) is 0 Å². The van der Waals surface area contributed by atoms with Crippen LogP contribution in [-0.2, 0) is 74.5 Å². The molecule has 3 heterocycles. The Hall–Kier alpha value is -6.26. The third kappa shape index (κ3) is 12.4. The number of nitrogens with zero attached hydrogens (tertiary/aromatic N) is 6. The van der Waals surface area contributed by atoms with Crippen LogP contribution in [0.2, 0.25) is 0 Å². The third-order valence-corrected chi connectivity index (χ3v) is 10.5. The molecule has 5 aromatic carbocycles. The van der Waals surface area contributed by atoms with Crippen LogP contribution in [0.5, 0.6) is 11.5 Å². The summed E-state index contributed by atoms with van der Waals surface area (Å²) in [5, 5.41) is 17.5. The average molecular weight is 853 g/mol. The number of hydrogen-bond donors (Lipinski definition) is 0. The molecule has 0 bridgehead atoms. The van der Waals surface area contributed by atoms with Gasteiger partial charge in [-0.15, -0.1) is 10.2 Å². The van der Waals surface area contributed by atoms with E-state index >= 15 is 0 Å². The summed E-state index contributed by atoms with van der Waals surface area (Å²) in [4.78, 5) is 0. The van der Waals surface area contributed by atoms with Crippen molar-refractivity contribution in [1.29, 1.82) is 0 Å². The maximum Gasteiger partial charge on any atom is 0.187 e. The van der Waals surface area contributed by atoms with Crippen LogP contribution in [0, 0.1) is 0 Å². The van der Waals surface area contributed by atoms with Crippen LogP contribution >= 0.6 is 0 Å². The fraction of sp³-hybridized carbons (Fsp3) is 0.306. The molecule has 7 aromatic rings. The van der Waals surface area contributed by atoms with E-state index in [4.69, 9.17) is 37.9 Å². The summed E-state index contributed by atoms with van der Waals surface area (Å²) < 4.78 is 54.7. The minimum absolute atomic E-state index is 0.0961. The summed E-state index contributed by atoms with van der Waals surface area (Å²) in [5.41, 5.74) is 6.35. The third-order valence-electron chi connectivity index (χ3n) is 10.5. The van der Waals surface area contributed by atoms with Crippen LogP contribution < -0.4 is 9.47 Å². The standard InChI is InChI=1S/C49H52N6O8/c1-56-43-22-12-20-39(24-43)26-54-28-41(50-52-54)33-58-35-45-46(59-30-36-14-6-3-7-15-36)47(60-31-37-16-8-4-9-17-37)48(61-32-38-18-10-5-11-19-38)49(63-45)62-34-42-29-55(53-51-42)27-40-21-13-23-44(25-40)57-2/h3-25,28-29,45-49H,26-27,30-35H2,1-2H3/t45-,46-,47+,48-,49+/m1/s1. The number of methoxy groups -OCH3 is 2. The molecule has 0 radical (unpaired) electrons. The highest BCUT2D eigenvalue weighted by Crippen LogP contribution is 2.32. The summed E-state index contributed by atoms with van der Waals surface area (Å²) in [6.45, 7) is 2.36. The maximum atomic E-state index is 6.87. The SMILES string of the molecule is COc1cccc(Cn2cc(COC[C@H]3O[C@H](OCc4cn(Cc5cccc(OC)c5)nn4)[C@H](OCc4ccccc4)[C@@H](OCc4ccccc4)[C@@H]3OCc3ccccc3)nn2)c1. The molecule has 2 aromatic heterocycles. The van der Waals surface area contributed by atoms with Gasteiger partial charge in [0.25, 0.3) is 0 Å². The lowest BCUT2D eigenvalue weighted by atomic mass is 9.97. The van der Waals surface area contributed by atoms with Gasteiger partial charge in [-0.2, -0.15) is 0 Å². The Morgan fingerprint density at radius 2 is 0.937 bits per heavy atom. The summed E-state index contributed by atoms with van der Waals surface area (Å²) >= 11 is 0.